The molecule has 0 saturated heterocycles. The second-order valence-electron chi connectivity index (χ2n) is 6.79. The lowest BCUT2D eigenvalue weighted by molar-refractivity contribution is 0.402. The van der Waals surface area contributed by atoms with E-state index in [4.69, 9.17) is 20.2 Å². The van der Waals surface area contributed by atoms with Crippen LogP contribution in [0.1, 0.15) is 11.1 Å². The van der Waals surface area contributed by atoms with Gasteiger partial charge in [-0.1, -0.05) is 6.07 Å². The molecule has 8 heteroatoms. The van der Waals surface area contributed by atoms with Gasteiger partial charge in [0.1, 0.15) is 34.8 Å². The number of aryl methyl sites for hydroxylation is 1. The zero-order valence-electron chi connectivity index (χ0n) is 17.2. The molecule has 0 radical (unpaired) electrons. The van der Waals surface area contributed by atoms with Gasteiger partial charge in [-0.2, -0.15) is 0 Å². The Hall–Kier alpha value is -3.94. The van der Waals surface area contributed by atoms with Crippen LogP contribution >= 0.6 is 0 Å². The number of nitrogens with two attached hydrogens (primary N) is 1. The molecule has 152 valence electrons. The van der Waals surface area contributed by atoms with Crippen molar-refractivity contribution in [1.29, 1.82) is 0 Å². The zero-order chi connectivity index (χ0) is 21.3. The maximum Gasteiger partial charge on any atom is 0.233 e. The number of hydrogen-bond donors (Lipinski definition) is 2. The number of pyridine rings is 2. The Morgan fingerprint density at radius 1 is 1.03 bits per heavy atom. The van der Waals surface area contributed by atoms with Gasteiger partial charge < -0.3 is 20.5 Å². The van der Waals surface area contributed by atoms with Crippen LogP contribution < -0.4 is 20.5 Å². The average molecular weight is 402 g/mol. The summed E-state index contributed by atoms with van der Waals surface area (Å²) in [6, 6.07) is 9.50. The molecule has 0 fully saturated rings. The number of nitrogens with one attached hydrogen (secondary N) is 1. The van der Waals surface area contributed by atoms with Crippen molar-refractivity contribution < 1.29 is 9.47 Å². The lowest BCUT2D eigenvalue weighted by atomic mass is 10.1. The standard InChI is InChI=1S/C22H22N6O2/c1-12-5-6-17(29-4)13(2)20(12)30-22-19-16(26-11-27-21(19)23)10-15(28-22)14-7-8-25-18(9-14)24-3/h5-11H,1-4H3,(H,24,25)(H2,23,26,27). The van der Waals surface area contributed by atoms with Crippen molar-refractivity contribution in [2.24, 2.45) is 0 Å². The lowest BCUT2D eigenvalue weighted by Gasteiger charge is -2.16. The van der Waals surface area contributed by atoms with Gasteiger partial charge in [-0.15, -0.1) is 0 Å². The molecule has 4 aromatic rings. The van der Waals surface area contributed by atoms with Gasteiger partial charge in [0.15, 0.2) is 0 Å². The van der Waals surface area contributed by atoms with Gasteiger partial charge in [0.2, 0.25) is 5.88 Å². The maximum absolute atomic E-state index is 6.31. The van der Waals surface area contributed by atoms with Crippen LogP contribution in [0, 0.1) is 13.8 Å². The van der Waals surface area contributed by atoms with E-state index in [1.807, 2.05) is 51.2 Å². The Kier molecular flexibility index (Phi) is 5.05. The number of nitrogens with zero attached hydrogens (tertiary/aromatic N) is 4. The molecule has 0 aliphatic carbocycles. The van der Waals surface area contributed by atoms with Crippen LogP contribution in [0.25, 0.3) is 22.2 Å². The summed E-state index contributed by atoms with van der Waals surface area (Å²) in [7, 11) is 3.45. The van der Waals surface area contributed by atoms with Gasteiger partial charge in [-0.3, -0.25) is 0 Å². The second kappa shape index (κ2) is 7.82. The minimum Gasteiger partial charge on any atom is -0.496 e. The average Bonchev–Trinajstić information content (AvgIpc) is 2.76. The van der Waals surface area contributed by atoms with Crippen LogP contribution in [-0.2, 0) is 0 Å². The molecular weight excluding hydrogens is 380 g/mol. The number of rotatable bonds is 5. The predicted molar refractivity (Wildman–Crippen MR) is 117 cm³/mol. The predicted octanol–water partition coefficient (Wildman–Crippen LogP) is 4.13. The smallest absolute Gasteiger partial charge is 0.233 e. The third-order valence-electron chi connectivity index (χ3n) is 4.90. The molecule has 0 aliphatic heterocycles. The van der Waals surface area contributed by atoms with E-state index < -0.39 is 0 Å². The highest BCUT2D eigenvalue weighted by molar-refractivity contribution is 5.94. The molecule has 4 rings (SSSR count). The molecule has 3 heterocycles. The van der Waals surface area contributed by atoms with Crippen LogP contribution in [0.4, 0.5) is 11.6 Å². The summed E-state index contributed by atoms with van der Waals surface area (Å²) in [4.78, 5) is 17.5. The molecule has 0 atom stereocenters. The number of fused-ring (bicyclic) bond motifs is 1. The third-order valence-corrected chi connectivity index (χ3v) is 4.90. The van der Waals surface area contributed by atoms with Crippen molar-refractivity contribution in [3.05, 3.63) is 54.0 Å². The van der Waals surface area contributed by atoms with Gasteiger partial charge in [0.25, 0.3) is 0 Å². The molecular formula is C22H22N6O2. The van der Waals surface area contributed by atoms with E-state index in [9.17, 15) is 0 Å². The Morgan fingerprint density at radius 2 is 1.87 bits per heavy atom. The number of ether oxygens (including phenoxy) is 2. The van der Waals surface area contributed by atoms with Crippen LogP contribution in [0.5, 0.6) is 17.4 Å². The molecule has 0 aliphatic rings. The SMILES string of the molecule is CNc1cc(-c2cc3ncnc(N)c3c(Oc3c(C)ccc(OC)c3C)n2)ccn1. The Balaban J connectivity index is 1.93. The number of anilines is 2. The zero-order valence-corrected chi connectivity index (χ0v) is 17.2. The van der Waals surface area contributed by atoms with Crippen molar-refractivity contribution in [1.82, 2.24) is 19.9 Å². The minimum absolute atomic E-state index is 0.304. The fourth-order valence-electron chi connectivity index (χ4n) is 3.30. The van der Waals surface area contributed by atoms with Crippen molar-refractivity contribution in [2.45, 2.75) is 13.8 Å². The highest BCUT2D eigenvalue weighted by Crippen LogP contribution is 2.38. The van der Waals surface area contributed by atoms with E-state index in [-0.39, 0.29) is 0 Å². The largest absolute Gasteiger partial charge is 0.496 e. The summed E-state index contributed by atoms with van der Waals surface area (Å²) in [6.07, 6.45) is 3.15. The summed E-state index contributed by atoms with van der Waals surface area (Å²) < 4.78 is 11.8. The number of hydrogen-bond acceptors (Lipinski definition) is 8. The first-order valence-electron chi connectivity index (χ1n) is 9.39. The Bertz CT molecular complexity index is 1240. The van der Waals surface area contributed by atoms with E-state index in [1.54, 1.807) is 13.3 Å². The van der Waals surface area contributed by atoms with Crippen molar-refractivity contribution in [2.75, 3.05) is 25.2 Å². The lowest BCUT2D eigenvalue weighted by Crippen LogP contribution is -2.01. The number of nitrogen functional groups attached to an aromatic ring is 1. The number of aromatic nitrogens is 4. The Morgan fingerprint density at radius 3 is 2.63 bits per heavy atom. The summed E-state index contributed by atoms with van der Waals surface area (Å²) in [6.45, 7) is 3.91. The highest BCUT2D eigenvalue weighted by atomic mass is 16.5. The van der Waals surface area contributed by atoms with Crippen LogP contribution in [0.3, 0.4) is 0 Å². The molecule has 30 heavy (non-hydrogen) atoms. The second-order valence-corrected chi connectivity index (χ2v) is 6.79. The van der Waals surface area contributed by atoms with E-state index >= 15 is 0 Å². The third kappa shape index (κ3) is 3.43. The molecule has 0 amide bonds. The van der Waals surface area contributed by atoms with Gasteiger partial charge in [-0.25, -0.2) is 19.9 Å². The molecule has 0 saturated carbocycles. The molecule has 1 aromatic carbocycles. The van der Waals surface area contributed by atoms with E-state index in [0.717, 1.165) is 28.3 Å². The van der Waals surface area contributed by atoms with Crippen molar-refractivity contribution in [3.8, 4) is 28.6 Å². The molecule has 0 spiro atoms. The molecule has 3 aromatic heterocycles. The summed E-state index contributed by atoms with van der Waals surface area (Å²) in [5.41, 5.74) is 10.2. The van der Waals surface area contributed by atoms with Gasteiger partial charge >= 0.3 is 0 Å². The van der Waals surface area contributed by atoms with Crippen LogP contribution in [0.15, 0.2) is 42.9 Å². The van der Waals surface area contributed by atoms with E-state index in [2.05, 4.69) is 20.3 Å². The van der Waals surface area contributed by atoms with Crippen LogP contribution in [0.2, 0.25) is 0 Å². The fourth-order valence-corrected chi connectivity index (χ4v) is 3.30. The first kappa shape index (κ1) is 19.4. The van der Waals surface area contributed by atoms with Crippen molar-refractivity contribution >= 4 is 22.5 Å². The molecule has 0 unspecified atom stereocenters. The van der Waals surface area contributed by atoms with E-state index in [1.165, 1.54) is 6.33 Å². The molecule has 3 N–H and O–H groups in total. The summed E-state index contributed by atoms with van der Waals surface area (Å²) >= 11 is 0. The Labute approximate surface area is 174 Å². The number of benzene rings is 1. The maximum atomic E-state index is 6.31. The fraction of sp³-hybridized carbons (Fsp3) is 0.182. The van der Waals surface area contributed by atoms with Gasteiger partial charge in [0.05, 0.1) is 18.3 Å². The van der Waals surface area contributed by atoms with Crippen molar-refractivity contribution in [3.63, 3.8) is 0 Å². The molecule has 8 nitrogen and oxygen atoms in total. The summed E-state index contributed by atoms with van der Waals surface area (Å²) in [5.74, 6) is 2.77. The van der Waals surface area contributed by atoms with Gasteiger partial charge in [0, 0.05) is 24.4 Å². The quantitative estimate of drug-likeness (QED) is 0.513. The first-order chi connectivity index (χ1) is 14.5. The van der Waals surface area contributed by atoms with E-state index in [0.29, 0.717) is 34.0 Å². The summed E-state index contributed by atoms with van der Waals surface area (Å²) in [5, 5.41) is 3.60. The molecule has 0 bridgehead atoms. The minimum atomic E-state index is 0.304. The monoisotopic (exact) mass is 402 g/mol. The topological polar surface area (TPSA) is 108 Å². The van der Waals surface area contributed by atoms with Crippen LogP contribution in [-0.4, -0.2) is 34.1 Å². The number of methoxy groups -OCH3 is 1. The van der Waals surface area contributed by atoms with Gasteiger partial charge in [-0.05, 0) is 43.7 Å². The highest BCUT2D eigenvalue weighted by Gasteiger charge is 2.18. The first-order valence-corrected chi connectivity index (χ1v) is 9.39. The normalized spacial score (nSPS) is 10.8.